The van der Waals surface area contributed by atoms with Gasteiger partial charge in [0.15, 0.2) is 6.71 Å². The summed E-state index contributed by atoms with van der Waals surface area (Å²) in [5.41, 5.74) is 1.34. The molecular weight excluding hydrogens is 299 g/mol. The van der Waals surface area contributed by atoms with E-state index in [4.69, 9.17) is 0 Å². The van der Waals surface area contributed by atoms with Gasteiger partial charge in [-0.05, 0) is 37.3 Å². The van der Waals surface area contributed by atoms with Gasteiger partial charge in [0.1, 0.15) is 0 Å². The van der Waals surface area contributed by atoms with Crippen molar-refractivity contribution in [2.24, 2.45) is 0 Å². The van der Waals surface area contributed by atoms with Crippen LogP contribution in [0.4, 0.5) is 0 Å². The highest BCUT2D eigenvalue weighted by Gasteiger charge is 2.50. The smallest absolute Gasteiger partial charge is 0.0788 e. The Morgan fingerprint density at radius 2 is 1.04 bits per heavy atom. The van der Waals surface area contributed by atoms with E-state index in [1.165, 1.54) is 40.8 Å². The summed E-state index contributed by atoms with van der Waals surface area (Å²) >= 11 is 0. The Bertz CT molecular complexity index is 682. The lowest BCUT2D eigenvalue weighted by molar-refractivity contribution is 1.16. The molecule has 0 bridgehead atoms. The number of fused-ring (bicyclic) bond motifs is 2. The summed E-state index contributed by atoms with van der Waals surface area (Å²) in [6.45, 7) is 0.251. The predicted molar refractivity (Wildman–Crippen MR) is 105 cm³/mol. The third-order valence-corrected chi connectivity index (χ3v) is 5.18. The van der Waals surface area contributed by atoms with E-state index in [0.717, 1.165) is 0 Å². The molecule has 2 saturated carbocycles. The van der Waals surface area contributed by atoms with Crippen LogP contribution < -0.4 is 5.46 Å². The van der Waals surface area contributed by atoms with Crippen molar-refractivity contribution in [1.29, 1.82) is 0 Å². The highest BCUT2D eigenvalue weighted by molar-refractivity contribution is 6.85. The second-order valence-corrected chi connectivity index (χ2v) is 6.60. The third kappa shape index (κ3) is 2.69. The minimum absolute atomic E-state index is 0.251. The quantitative estimate of drug-likeness (QED) is 0.739. The van der Waals surface area contributed by atoms with Crippen LogP contribution in [-0.4, -0.2) is 6.71 Å². The van der Waals surface area contributed by atoms with Crippen molar-refractivity contribution in [3.05, 3.63) is 140 Å². The van der Waals surface area contributed by atoms with Gasteiger partial charge < -0.3 is 0 Å². The zero-order chi connectivity index (χ0) is 16.6. The van der Waals surface area contributed by atoms with Gasteiger partial charge in [0.25, 0.3) is 0 Å². The van der Waals surface area contributed by atoms with Gasteiger partial charge in [0.2, 0.25) is 0 Å². The molecule has 0 spiro atoms. The van der Waals surface area contributed by atoms with Crippen LogP contribution in [0.15, 0.2) is 78.9 Å². The Morgan fingerprint density at radius 3 is 1.60 bits per heavy atom. The first-order chi connectivity index (χ1) is 12.4. The molecule has 0 N–H and O–H groups in total. The van der Waals surface area contributed by atoms with Crippen molar-refractivity contribution in [2.45, 2.75) is 0 Å². The highest BCUT2D eigenvalue weighted by Crippen LogP contribution is 2.52. The fourth-order valence-corrected chi connectivity index (χ4v) is 4.02. The Balaban J connectivity index is 1.52. The average Bonchev–Trinajstić information content (AvgIpc) is 3.29. The molecule has 0 aliphatic heterocycles. The van der Waals surface area contributed by atoms with Crippen LogP contribution in [0.2, 0.25) is 0 Å². The van der Waals surface area contributed by atoms with Gasteiger partial charge in [-0.15, -0.1) is 0 Å². The standard InChI is InChI=1S/C24H17B/c1-2-10-20(11-3-1)25(23-16-14-18-8-4-6-12-21(18)23)24-17-15-19-9-5-7-13-22(19)24/h1-17H. The number of rotatable bonds is 3. The number of allylic oxidation sites excluding steroid dienone is 8. The van der Waals surface area contributed by atoms with Crippen molar-refractivity contribution < 1.29 is 0 Å². The minimum Gasteiger partial charge on any atom is -0.0788 e. The predicted octanol–water partition coefficient (Wildman–Crippen LogP) is 4.01. The number of hydrogen-bond acceptors (Lipinski definition) is 0. The summed E-state index contributed by atoms with van der Waals surface area (Å²) in [4.78, 5) is 0. The SMILES string of the molecule is [CH]1[CH][C](B([C]2[CH][CH][C]3C=CC=C[C]32)c2ccccc2)[C]2C=CC=C[C]12. The molecule has 0 atom stereocenters. The van der Waals surface area contributed by atoms with Gasteiger partial charge in [-0.1, -0.05) is 84.4 Å². The molecule has 5 rings (SSSR count). The van der Waals surface area contributed by atoms with Gasteiger partial charge in [0.05, 0.1) is 0 Å². The van der Waals surface area contributed by atoms with Crippen LogP contribution in [0.1, 0.15) is 0 Å². The topological polar surface area (TPSA) is 0 Å². The zero-order valence-corrected chi connectivity index (χ0v) is 13.9. The summed E-state index contributed by atoms with van der Waals surface area (Å²) in [7, 11) is 0. The first-order valence-corrected chi connectivity index (χ1v) is 8.75. The Morgan fingerprint density at radius 1 is 0.520 bits per heavy atom. The maximum atomic E-state index is 2.30. The summed E-state index contributed by atoms with van der Waals surface area (Å²) in [6, 6.07) is 10.9. The summed E-state index contributed by atoms with van der Waals surface area (Å²) in [5, 5.41) is 0. The molecule has 0 saturated heterocycles. The van der Waals surface area contributed by atoms with Crippen LogP contribution >= 0.6 is 0 Å². The van der Waals surface area contributed by atoms with Crippen molar-refractivity contribution in [3.8, 4) is 0 Å². The molecule has 1 heteroatoms. The Labute approximate surface area is 152 Å². The maximum absolute atomic E-state index is 2.30. The Kier molecular flexibility index (Phi) is 4.04. The first-order valence-electron chi connectivity index (χ1n) is 8.75. The molecule has 2 fully saturated rings. The van der Waals surface area contributed by atoms with E-state index in [-0.39, 0.29) is 6.71 Å². The van der Waals surface area contributed by atoms with Crippen molar-refractivity contribution in [1.82, 2.24) is 0 Å². The van der Waals surface area contributed by atoms with Crippen LogP contribution in [0.5, 0.6) is 0 Å². The molecule has 116 valence electrons. The molecule has 4 aliphatic rings. The molecule has 0 heterocycles. The van der Waals surface area contributed by atoms with E-state index in [9.17, 15) is 0 Å². The molecule has 1 aromatic rings. The molecular formula is C24H17B. The number of hydrogen-bond donors (Lipinski definition) is 0. The molecule has 4 aliphatic carbocycles. The maximum Gasteiger partial charge on any atom is 0.190 e. The number of benzene rings is 1. The molecule has 25 heavy (non-hydrogen) atoms. The second-order valence-electron chi connectivity index (χ2n) is 6.60. The molecule has 0 nitrogen and oxygen atoms in total. The van der Waals surface area contributed by atoms with Gasteiger partial charge in [-0.2, -0.15) is 0 Å². The largest absolute Gasteiger partial charge is 0.190 e. The van der Waals surface area contributed by atoms with Gasteiger partial charge in [0, 0.05) is 23.7 Å². The summed E-state index contributed by atoms with van der Waals surface area (Å²) < 4.78 is 0. The van der Waals surface area contributed by atoms with E-state index in [1.807, 2.05) is 0 Å². The van der Waals surface area contributed by atoms with Gasteiger partial charge in [-0.25, -0.2) is 0 Å². The normalized spacial score (nSPS) is 25.0. The lowest BCUT2D eigenvalue weighted by Crippen LogP contribution is -2.45. The minimum atomic E-state index is 0.251. The van der Waals surface area contributed by atoms with Crippen LogP contribution in [0.25, 0.3) is 0 Å². The van der Waals surface area contributed by atoms with Crippen LogP contribution in [-0.2, 0) is 0 Å². The fourth-order valence-electron chi connectivity index (χ4n) is 4.02. The average molecular weight is 316 g/mol. The lowest BCUT2D eigenvalue weighted by Gasteiger charge is -2.33. The molecule has 0 amide bonds. The van der Waals surface area contributed by atoms with E-state index in [1.54, 1.807) is 0 Å². The van der Waals surface area contributed by atoms with Crippen molar-refractivity contribution >= 4 is 12.2 Å². The fraction of sp³-hybridized carbons (Fsp3) is 0. The molecule has 0 unspecified atom stereocenters. The summed E-state index contributed by atoms with van der Waals surface area (Å²) in [5.74, 6) is 8.10. The highest BCUT2D eigenvalue weighted by atomic mass is 14.4. The van der Waals surface area contributed by atoms with Crippen molar-refractivity contribution in [2.75, 3.05) is 0 Å². The van der Waals surface area contributed by atoms with Gasteiger partial charge in [-0.3, -0.25) is 0 Å². The second kappa shape index (κ2) is 6.52. The van der Waals surface area contributed by atoms with E-state index < -0.39 is 0 Å². The zero-order valence-electron chi connectivity index (χ0n) is 13.9. The molecule has 1 aromatic carbocycles. The third-order valence-electron chi connectivity index (χ3n) is 5.18. The van der Waals surface area contributed by atoms with Gasteiger partial charge >= 0.3 is 0 Å². The van der Waals surface area contributed by atoms with E-state index >= 15 is 0 Å². The van der Waals surface area contributed by atoms with Crippen molar-refractivity contribution in [3.63, 3.8) is 0 Å². The first kappa shape index (κ1) is 15.5. The Hall–Kier alpha value is -1.76. The summed E-state index contributed by atoms with van der Waals surface area (Å²) in [6.07, 6.45) is 26.5. The molecule has 10 radical (unpaired) electrons. The van der Waals surface area contributed by atoms with Crippen LogP contribution in [0.3, 0.4) is 0 Å². The molecule has 0 aromatic heterocycles. The monoisotopic (exact) mass is 316 g/mol. The van der Waals surface area contributed by atoms with E-state index in [2.05, 4.69) is 105 Å². The van der Waals surface area contributed by atoms with E-state index in [0.29, 0.717) is 0 Å². The lowest BCUT2D eigenvalue weighted by atomic mass is 9.27. The van der Waals surface area contributed by atoms with Crippen LogP contribution in [0, 0.1) is 61.0 Å².